The van der Waals surface area contributed by atoms with Gasteiger partial charge in [0.1, 0.15) is 6.29 Å². The number of rotatable bonds is 3. The maximum absolute atomic E-state index is 13.8. The summed E-state index contributed by atoms with van der Waals surface area (Å²) in [5, 5.41) is 0. The minimum atomic E-state index is -1.20. The summed E-state index contributed by atoms with van der Waals surface area (Å²) in [5.41, 5.74) is 3.24. The van der Waals surface area contributed by atoms with E-state index in [2.05, 4.69) is 0 Å². The molecule has 0 radical (unpaired) electrons. The van der Waals surface area contributed by atoms with Gasteiger partial charge in [0.05, 0.1) is 22.9 Å². The summed E-state index contributed by atoms with van der Waals surface area (Å²) in [6.45, 7) is 1.47. The second kappa shape index (κ2) is 6.33. The largest absolute Gasteiger partial charge is 0.302 e. The topological polar surface area (TPSA) is 71.5 Å². The fourth-order valence-corrected chi connectivity index (χ4v) is 6.13. The lowest BCUT2D eigenvalue weighted by Gasteiger charge is -2.51. The molecule has 1 fully saturated rings. The van der Waals surface area contributed by atoms with Gasteiger partial charge in [-0.2, -0.15) is 0 Å². The third-order valence-electron chi connectivity index (χ3n) is 7.40. The average molecular weight is 421 g/mol. The number of carbonyl (C=O) groups is 4. The van der Waals surface area contributed by atoms with Crippen LogP contribution >= 0.6 is 0 Å². The fraction of sp³-hybridized carbons (Fsp3) is 0.185. The zero-order chi connectivity index (χ0) is 22.2. The Morgan fingerprint density at radius 3 is 1.94 bits per heavy atom. The lowest BCUT2D eigenvalue weighted by atomic mass is 9.48. The van der Waals surface area contributed by atoms with Gasteiger partial charge >= 0.3 is 0 Å². The van der Waals surface area contributed by atoms with Crippen LogP contribution in [0.4, 0.5) is 5.69 Å². The van der Waals surface area contributed by atoms with E-state index in [4.69, 9.17) is 0 Å². The summed E-state index contributed by atoms with van der Waals surface area (Å²) in [5.74, 6) is -2.48. The van der Waals surface area contributed by atoms with E-state index < -0.39 is 17.3 Å². The summed E-state index contributed by atoms with van der Waals surface area (Å²) < 4.78 is 0. The van der Waals surface area contributed by atoms with Crippen LogP contribution < -0.4 is 4.90 Å². The zero-order valence-corrected chi connectivity index (χ0v) is 17.3. The smallest absolute Gasteiger partial charge is 0.239 e. The minimum absolute atomic E-state index is 0.0897. The highest BCUT2D eigenvalue weighted by Crippen LogP contribution is 2.63. The van der Waals surface area contributed by atoms with Crippen LogP contribution in [-0.2, 0) is 19.8 Å². The van der Waals surface area contributed by atoms with Crippen molar-refractivity contribution in [2.45, 2.75) is 18.3 Å². The molecule has 7 rings (SSSR count). The number of imide groups is 1. The number of hydrogen-bond donors (Lipinski definition) is 0. The molecule has 0 unspecified atom stereocenters. The number of Topliss-reactive ketones (excluding diaryl/α,β-unsaturated/α-hetero) is 1. The van der Waals surface area contributed by atoms with Crippen molar-refractivity contribution in [2.75, 3.05) is 4.90 Å². The van der Waals surface area contributed by atoms with Gasteiger partial charge in [0.2, 0.25) is 11.8 Å². The Bertz CT molecular complexity index is 1290. The third kappa shape index (κ3) is 2.08. The number of aldehydes is 1. The Morgan fingerprint density at radius 2 is 1.41 bits per heavy atom. The van der Waals surface area contributed by atoms with Crippen LogP contribution in [0, 0.1) is 11.8 Å². The van der Waals surface area contributed by atoms with Gasteiger partial charge in [-0.15, -0.1) is 0 Å². The molecule has 0 saturated carbocycles. The number of amides is 2. The normalized spacial score (nSPS) is 27.0. The van der Waals surface area contributed by atoms with Crippen LogP contribution in [0.25, 0.3) is 0 Å². The van der Waals surface area contributed by atoms with E-state index in [9.17, 15) is 19.2 Å². The average Bonchev–Trinajstić information content (AvgIpc) is 3.10. The number of carbonyl (C=O) groups excluding carboxylic acids is 4. The third-order valence-corrected chi connectivity index (χ3v) is 7.40. The molecule has 0 spiro atoms. The standard InChI is InChI=1S/C27H19NO4/c1-15(30)16-10-12-17(13-11-16)28-25(31)23-22-18-6-2-4-8-20(18)27(14-29,24(23)26(28)32)21-9-5-3-7-19(21)22/h2-14,22-24H,1H3/t22?,23-,24-,27?/m1/s1. The molecule has 5 nitrogen and oxygen atoms in total. The molecule has 156 valence electrons. The van der Waals surface area contributed by atoms with Crippen LogP contribution in [0.2, 0.25) is 0 Å². The minimum Gasteiger partial charge on any atom is -0.302 e. The zero-order valence-electron chi connectivity index (χ0n) is 17.3. The SMILES string of the molecule is CC(=O)c1ccc(N2C(=O)[C@@H]3C4c5ccccc5C(C=O)(c5ccccc54)[C@H]3C2=O)cc1. The van der Waals surface area contributed by atoms with Crippen molar-refractivity contribution in [3.8, 4) is 0 Å². The van der Waals surface area contributed by atoms with Gasteiger partial charge < -0.3 is 4.79 Å². The second-order valence-corrected chi connectivity index (χ2v) is 8.76. The first kappa shape index (κ1) is 18.9. The van der Waals surface area contributed by atoms with Crippen molar-refractivity contribution in [3.63, 3.8) is 0 Å². The van der Waals surface area contributed by atoms with Gasteiger partial charge in [-0.25, -0.2) is 4.90 Å². The summed E-state index contributed by atoms with van der Waals surface area (Å²) in [6, 6.07) is 21.8. The van der Waals surface area contributed by atoms with Crippen LogP contribution in [0.1, 0.15) is 45.5 Å². The lowest BCUT2D eigenvalue weighted by molar-refractivity contribution is -0.128. The van der Waals surface area contributed by atoms with Crippen LogP contribution in [0.15, 0.2) is 72.8 Å². The van der Waals surface area contributed by atoms with Crippen molar-refractivity contribution in [1.29, 1.82) is 0 Å². The van der Waals surface area contributed by atoms with E-state index in [0.29, 0.717) is 11.3 Å². The van der Waals surface area contributed by atoms with Gasteiger partial charge in [-0.3, -0.25) is 14.4 Å². The second-order valence-electron chi connectivity index (χ2n) is 8.76. The van der Waals surface area contributed by atoms with Crippen molar-refractivity contribution in [1.82, 2.24) is 0 Å². The maximum Gasteiger partial charge on any atom is 0.239 e. The van der Waals surface area contributed by atoms with Crippen LogP contribution in [0.3, 0.4) is 0 Å². The van der Waals surface area contributed by atoms with E-state index >= 15 is 0 Å². The fourth-order valence-electron chi connectivity index (χ4n) is 6.13. The van der Waals surface area contributed by atoms with Gasteiger partial charge in [-0.1, -0.05) is 48.5 Å². The molecular weight excluding hydrogens is 402 g/mol. The molecule has 3 aliphatic carbocycles. The Labute approximate surface area is 184 Å². The highest BCUT2D eigenvalue weighted by Gasteiger charge is 2.68. The molecule has 3 aromatic carbocycles. The predicted octanol–water partition coefficient (Wildman–Crippen LogP) is 3.64. The van der Waals surface area contributed by atoms with Gasteiger partial charge in [0.25, 0.3) is 0 Å². The van der Waals surface area contributed by atoms with Crippen molar-refractivity contribution in [2.24, 2.45) is 11.8 Å². The first-order valence-corrected chi connectivity index (χ1v) is 10.6. The molecule has 0 aromatic heterocycles. The Morgan fingerprint density at radius 1 is 0.844 bits per heavy atom. The number of anilines is 1. The summed E-state index contributed by atoms with van der Waals surface area (Å²) in [6.07, 6.45) is 0.866. The number of ketones is 1. The molecule has 2 amide bonds. The van der Waals surface area contributed by atoms with Gasteiger partial charge in [0.15, 0.2) is 5.78 Å². The summed E-state index contributed by atoms with van der Waals surface area (Å²) in [7, 11) is 0. The lowest BCUT2D eigenvalue weighted by Crippen LogP contribution is -2.54. The molecule has 0 N–H and O–H groups in total. The molecule has 2 atom stereocenters. The number of nitrogens with zero attached hydrogens (tertiary/aromatic N) is 1. The number of hydrogen-bond acceptors (Lipinski definition) is 4. The molecule has 32 heavy (non-hydrogen) atoms. The van der Waals surface area contributed by atoms with Crippen LogP contribution in [0.5, 0.6) is 0 Å². The summed E-state index contributed by atoms with van der Waals surface area (Å²) in [4.78, 5) is 53.3. The van der Waals surface area contributed by atoms with E-state index in [1.165, 1.54) is 11.8 Å². The molecule has 4 aliphatic rings. The first-order valence-electron chi connectivity index (χ1n) is 10.6. The number of benzene rings is 3. The molecule has 1 aliphatic heterocycles. The Balaban J connectivity index is 1.58. The highest BCUT2D eigenvalue weighted by molar-refractivity contribution is 6.25. The molecule has 5 heteroatoms. The van der Waals surface area contributed by atoms with Crippen LogP contribution in [-0.4, -0.2) is 23.9 Å². The quantitative estimate of drug-likeness (QED) is 0.368. The van der Waals surface area contributed by atoms with Gasteiger partial charge in [-0.05, 0) is 53.4 Å². The first-order chi connectivity index (χ1) is 15.5. The molecule has 1 saturated heterocycles. The highest BCUT2D eigenvalue weighted by atomic mass is 16.2. The van der Waals surface area contributed by atoms with E-state index in [1.807, 2.05) is 48.5 Å². The molecule has 3 aromatic rings. The Kier molecular flexibility index (Phi) is 3.73. The summed E-state index contributed by atoms with van der Waals surface area (Å²) >= 11 is 0. The van der Waals surface area contributed by atoms with E-state index in [1.54, 1.807) is 24.3 Å². The van der Waals surface area contributed by atoms with E-state index in [0.717, 1.165) is 28.5 Å². The van der Waals surface area contributed by atoms with E-state index in [-0.39, 0.29) is 23.5 Å². The van der Waals surface area contributed by atoms with Gasteiger partial charge in [0, 0.05) is 11.5 Å². The van der Waals surface area contributed by atoms with Crippen molar-refractivity contribution >= 4 is 29.6 Å². The Hall–Kier alpha value is -3.86. The molecule has 1 heterocycles. The predicted molar refractivity (Wildman–Crippen MR) is 117 cm³/mol. The van der Waals surface area contributed by atoms with Crippen molar-refractivity contribution in [3.05, 3.63) is 101 Å². The maximum atomic E-state index is 13.8. The molecule has 2 bridgehead atoms. The molecular formula is C27H19NO4. The van der Waals surface area contributed by atoms with Crippen molar-refractivity contribution < 1.29 is 19.2 Å². The monoisotopic (exact) mass is 421 g/mol.